The van der Waals surface area contributed by atoms with E-state index in [4.69, 9.17) is 0 Å². The number of nitrogens with one attached hydrogen (secondary N) is 1. The fourth-order valence-corrected chi connectivity index (χ4v) is 2.68. The Labute approximate surface area is 109 Å². The second kappa shape index (κ2) is 5.46. The lowest BCUT2D eigenvalue weighted by Gasteiger charge is -2.23. The third kappa shape index (κ3) is 2.68. The van der Waals surface area contributed by atoms with Crippen molar-refractivity contribution in [1.82, 2.24) is 9.88 Å². The minimum Gasteiger partial charge on any atom is -0.364 e. The van der Waals surface area contributed by atoms with Crippen molar-refractivity contribution < 1.29 is 4.79 Å². The molecule has 0 aliphatic heterocycles. The lowest BCUT2D eigenvalue weighted by Crippen LogP contribution is -2.37. The van der Waals surface area contributed by atoms with Crippen LogP contribution in [0.1, 0.15) is 42.6 Å². The molecule has 1 N–H and O–H groups in total. The Bertz CT molecular complexity index is 417. The number of hydrogen-bond acceptors (Lipinski definition) is 2. The molecule has 0 saturated heterocycles. The number of nitrogens with zero attached hydrogens (tertiary/aromatic N) is 2. The minimum absolute atomic E-state index is 0.0532. The zero-order valence-electron chi connectivity index (χ0n) is 11.6. The van der Waals surface area contributed by atoms with Gasteiger partial charge < -0.3 is 14.8 Å². The molecular weight excluding hydrogens is 226 g/mol. The van der Waals surface area contributed by atoms with Gasteiger partial charge in [0.15, 0.2) is 0 Å². The zero-order valence-corrected chi connectivity index (χ0v) is 11.6. The molecule has 0 spiro atoms. The molecule has 0 radical (unpaired) electrons. The Morgan fingerprint density at radius 2 is 1.94 bits per heavy atom. The SMILES string of the molecule is CN(C)c1ccc(C(=O)NC2CCCCC2)n1C. The van der Waals surface area contributed by atoms with Gasteiger partial charge in [0.2, 0.25) is 0 Å². The predicted octanol–water partition coefficient (Wildman–Crippen LogP) is 2.15. The van der Waals surface area contributed by atoms with E-state index in [1.807, 2.05) is 42.7 Å². The number of carbonyl (C=O) groups excluding carboxylic acids is 1. The van der Waals surface area contributed by atoms with Crippen LogP contribution >= 0.6 is 0 Å². The van der Waals surface area contributed by atoms with E-state index in [1.54, 1.807) is 0 Å². The Morgan fingerprint density at radius 3 is 2.50 bits per heavy atom. The number of carbonyl (C=O) groups is 1. The van der Waals surface area contributed by atoms with Gasteiger partial charge in [0.1, 0.15) is 11.5 Å². The highest BCUT2D eigenvalue weighted by Gasteiger charge is 2.19. The summed E-state index contributed by atoms with van der Waals surface area (Å²) in [4.78, 5) is 14.2. The Balaban J connectivity index is 2.04. The Hall–Kier alpha value is -1.45. The minimum atomic E-state index is 0.0532. The molecule has 1 heterocycles. The summed E-state index contributed by atoms with van der Waals surface area (Å²) < 4.78 is 1.94. The topological polar surface area (TPSA) is 37.3 Å². The first-order chi connectivity index (χ1) is 8.59. The van der Waals surface area contributed by atoms with Crippen LogP contribution in [0, 0.1) is 0 Å². The van der Waals surface area contributed by atoms with Crippen LogP contribution in [0.5, 0.6) is 0 Å². The van der Waals surface area contributed by atoms with Crippen LogP contribution in [-0.4, -0.2) is 30.6 Å². The molecule has 1 saturated carbocycles. The maximum Gasteiger partial charge on any atom is 0.268 e. The average molecular weight is 249 g/mol. The molecule has 0 bridgehead atoms. The maximum atomic E-state index is 12.2. The van der Waals surface area contributed by atoms with Crippen molar-refractivity contribution in [2.24, 2.45) is 7.05 Å². The van der Waals surface area contributed by atoms with Gasteiger partial charge in [-0.1, -0.05) is 19.3 Å². The van der Waals surface area contributed by atoms with Crippen molar-refractivity contribution in [3.63, 3.8) is 0 Å². The van der Waals surface area contributed by atoms with Crippen LogP contribution in [0.2, 0.25) is 0 Å². The summed E-state index contributed by atoms with van der Waals surface area (Å²) in [6.45, 7) is 0. The van der Waals surface area contributed by atoms with Crippen LogP contribution in [0.25, 0.3) is 0 Å². The first-order valence-corrected chi connectivity index (χ1v) is 6.73. The molecule has 2 rings (SSSR count). The molecule has 0 aromatic carbocycles. The summed E-state index contributed by atoms with van der Waals surface area (Å²) in [5.41, 5.74) is 0.740. The molecule has 0 atom stereocenters. The highest BCUT2D eigenvalue weighted by Crippen LogP contribution is 2.19. The van der Waals surface area contributed by atoms with Gasteiger partial charge in [0.05, 0.1) is 0 Å². The number of aromatic nitrogens is 1. The Morgan fingerprint density at radius 1 is 1.28 bits per heavy atom. The lowest BCUT2D eigenvalue weighted by molar-refractivity contribution is 0.0919. The van der Waals surface area contributed by atoms with E-state index in [0.717, 1.165) is 24.4 Å². The number of anilines is 1. The quantitative estimate of drug-likeness (QED) is 0.891. The first-order valence-electron chi connectivity index (χ1n) is 6.73. The first kappa shape index (κ1) is 13.0. The normalized spacial score (nSPS) is 16.6. The van der Waals surface area contributed by atoms with Crippen molar-refractivity contribution in [3.8, 4) is 0 Å². The van der Waals surface area contributed by atoms with Gasteiger partial charge in [-0.3, -0.25) is 4.79 Å². The van der Waals surface area contributed by atoms with Gasteiger partial charge in [-0.2, -0.15) is 0 Å². The predicted molar refractivity (Wildman–Crippen MR) is 74.1 cm³/mol. The van der Waals surface area contributed by atoms with Crippen molar-refractivity contribution in [2.45, 2.75) is 38.1 Å². The molecule has 1 aromatic heterocycles. The molecule has 18 heavy (non-hydrogen) atoms. The number of rotatable bonds is 3. The van der Waals surface area contributed by atoms with Gasteiger partial charge in [-0.05, 0) is 25.0 Å². The lowest BCUT2D eigenvalue weighted by atomic mass is 9.95. The summed E-state index contributed by atoms with van der Waals surface area (Å²) in [6, 6.07) is 4.24. The monoisotopic (exact) mass is 249 g/mol. The van der Waals surface area contributed by atoms with Crippen molar-refractivity contribution in [2.75, 3.05) is 19.0 Å². The zero-order chi connectivity index (χ0) is 13.1. The second-order valence-corrected chi connectivity index (χ2v) is 5.34. The molecule has 1 aliphatic carbocycles. The van der Waals surface area contributed by atoms with E-state index in [0.29, 0.717) is 6.04 Å². The average Bonchev–Trinajstić information content (AvgIpc) is 2.72. The highest BCUT2D eigenvalue weighted by molar-refractivity contribution is 5.93. The summed E-state index contributed by atoms with van der Waals surface area (Å²) in [5.74, 6) is 1.10. The van der Waals surface area contributed by atoms with E-state index >= 15 is 0 Å². The standard InChI is InChI=1S/C14H23N3O/c1-16(2)13-10-9-12(17(13)3)14(18)15-11-7-5-4-6-8-11/h9-11H,4-8H2,1-3H3,(H,15,18). The molecule has 1 amide bonds. The smallest absolute Gasteiger partial charge is 0.268 e. The van der Waals surface area contributed by atoms with Crippen molar-refractivity contribution in [1.29, 1.82) is 0 Å². The largest absolute Gasteiger partial charge is 0.364 e. The van der Waals surface area contributed by atoms with Crippen LogP contribution in [0.3, 0.4) is 0 Å². The van der Waals surface area contributed by atoms with Gasteiger partial charge in [0.25, 0.3) is 5.91 Å². The van der Waals surface area contributed by atoms with E-state index in [1.165, 1.54) is 19.3 Å². The van der Waals surface area contributed by atoms with Crippen LogP contribution in [-0.2, 0) is 7.05 Å². The molecule has 100 valence electrons. The molecule has 1 aliphatic rings. The molecule has 4 nitrogen and oxygen atoms in total. The third-order valence-electron chi connectivity index (χ3n) is 3.73. The van der Waals surface area contributed by atoms with Crippen LogP contribution < -0.4 is 10.2 Å². The molecular formula is C14H23N3O. The van der Waals surface area contributed by atoms with Crippen molar-refractivity contribution >= 4 is 11.7 Å². The maximum absolute atomic E-state index is 12.2. The van der Waals surface area contributed by atoms with Gasteiger partial charge in [-0.25, -0.2) is 0 Å². The van der Waals surface area contributed by atoms with Crippen LogP contribution in [0.15, 0.2) is 12.1 Å². The van der Waals surface area contributed by atoms with E-state index in [-0.39, 0.29) is 5.91 Å². The van der Waals surface area contributed by atoms with Gasteiger partial charge in [0, 0.05) is 27.2 Å². The Kier molecular flexibility index (Phi) is 3.94. The molecule has 1 aromatic rings. The summed E-state index contributed by atoms with van der Waals surface area (Å²) in [6.07, 6.45) is 6.02. The fourth-order valence-electron chi connectivity index (χ4n) is 2.68. The summed E-state index contributed by atoms with van der Waals surface area (Å²) in [5, 5.41) is 3.15. The number of hydrogen-bond donors (Lipinski definition) is 1. The molecule has 1 fully saturated rings. The fraction of sp³-hybridized carbons (Fsp3) is 0.643. The van der Waals surface area contributed by atoms with E-state index in [2.05, 4.69) is 5.32 Å². The van der Waals surface area contributed by atoms with Gasteiger partial charge in [-0.15, -0.1) is 0 Å². The summed E-state index contributed by atoms with van der Waals surface area (Å²) in [7, 11) is 5.90. The second-order valence-electron chi connectivity index (χ2n) is 5.34. The van der Waals surface area contributed by atoms with Crippen molar-refractivity contribution in [3.05, 3.63) is 17.8 Å². The van der Waals surface area contributed by atoms with E-state index in [9.17, 15) is 4.79 Å². The molecule has 4 heteroatoms. The summed E-state index contributed by atoms with van der Waals surface area (Å²) >= 11 is 0. The number of amides is 1. The van der Waals surface area contributed by atoms with Gasteiger partial charge >= 0.3 is 0 Å². The van der Waals surface area contributed by atoms with Crippen LogP contribution in [0.4, 0.5) is 5.82 Å². The highest BCUT2D eigenvalue weighted by atomic mass is 16.2. The molecule has 0 unspecified atom stereocenters. The third-order valence-corrected chi connectivity index (χ3v) is 3.73. The van der Waals surface area contributed by atoms with E-state index < -0.39 is 0 Å².